The maximum Gasteiger partial charge on any atom is 0.0389 e. The molecule has 0 aromatic carbocycles. The molecule has 4 atom stereocenters. The Morgan fingerprint density at radius 3 is 2.29 bits per heavy atom. The first kappa shape index (κ1) is 9.25. The molecule has 7 heteroatoms. The Bertz CT molecular complexity index is 55.2. The first-order chi connectivity index (χ1) is 3.27. The molecule has 0 bridgehead atoms. The minimum atomic E-state index is 0.0678. The van der Waals surface area contributed by atoms with Gasteiger partial charge in [0.05, 0.1) is 0 Å². The van der Waals surface area contributed by atoms with E-state index in [1.54, 1.807) is 0 Å². The van der Waals surface area contributed by atoms with Gasteiger partial charge in [0.2, 0.25) is 0 Å². The van der Waals surface area contributed by atoms with Crippen molar-refractivity contribution < 1.29 is 0 Å². The van der Waals surface area contributed by atoms with E-state index in [0.29, 0.717) is 0 Å². The third kappa shape index (κ3) is 8.25. The zero-order chi connectivity index (χ0) is 5.70. The van der Waals surface area contributed by atoms with Gasteiger partial charge in [0, 0.05) is 16.5 Å². The largest absolute Gasteiger partial charge is 0.239 e. The number of hydrogen-bond donors (Lipinski definition) is 0. The zero-order valence-electron chi connectivity index (χ0n) is 3.57. The van der Waals surface area contributed by atoms with E-state index >= 15 is 0 Å². The van der Waals surface area contributed by atoms with Crippen LogP contribution in [0.3, 0.4) is 0 Å². The summed E-state index contributed by atoms with van der Waals surface area (Å²) in [6, 6.07) is 0. The van der Waals surface area contributed by atoms with Crippen LogP contribution >= 0.6 is 50.3 Å². The highest BCUT2D eigenvalue weighted by atomic mass is 32.7. The van der Waals surface area contributed by atoms with Crippen LogP contribution in [0.1, 0.15) is 0 Å². The Kier molecular flexibility index (Phi) is 8.42. The highest BCUT2D eigenvalue weighted by molar-refractivity contribution is 8.68. The van der Waals surface area contributed by atoms with E-state index in [9.17, 15) is 0 Å². The zero-order valence-corrected chi connectivity index (χ0v) is 9.83. The average Bonchev–Trinajstić information content (AvgIpc) is 1.61. The van der Waals surface area contributed by atoms with Crippen LogP contribution < -0.4 is 0 Å². The number of rotatable bonds is 2. The summed E-state index contributed by atoms with van der Waals surface area (Å²) in [4.78, 5) is 0. The maximum atomic E-state index is 4.12. The standard InChI is InChI=1S/H7NP6/c2-5-1-6-7(3)4/h6H,2-4H2. The van der Waals surface area contributed by atoms with E-state index in [0.717, 1.165) is 16.5 Å². The van der Waals surface area contributed by atoms with Gasteiger partial charge in [-0.15, -0.1) is 17.9 Å². The van der Waals surface area contributed by atoms with Gasteiger partial charge in [0.25, 0.3) is 0 Å². The third-order valence-electron chi connectivity index (χ3n) is 0.218. The summed E-state index contributed by atoms with van der Waals surface area (Å²) in [6.45, 7) is 0.0678. The summed E-state index contributed by atoms with van der Waals surface area (Å²) in [5.74, 6) is 0. The molecule has 1 nitrogen and oxygen atoms in total. The van der Waals surface area contributed by atoms with E-state index in [1.807, 2.05) is 0 Å². The van der Waals surface area contributed by atoms with Crippen molar-refractivity contribution in [2.45, 2.75) is 0 Å². The molecule has 0 radical (unpaired) electrons. The predicted molar refractivity (Wildman–Crippen MR) is 53.7 cm³/mol. The third-order valence-corrected chi connectivity index (χ3v) is 5.88. The molecular formula is H7NP6. The molecule has 0 N–H and O–H groups in total. The molecule has 42 valence electrons. The molecule has 0 aliphatic carbocycles. The van der Waals surface area contributed by atoms with Crippen LogP contribution in [-0.2, 0) is 0 Å². The van der Waals surface area contributed by atoms with Gasteiger partial charge >= 0.3 is 0 Å². The smallest absolute Gasteiger partial charge is 0.0389 e. The highest BCUT2D eigenvalue weighted by Crippen LogP contribution is 2.69. The van der Waals surface area contributed by atoms with E-state index in [2.05, 4.69) is 31.3 Å². The molecule has 0 amide bonds. The summed E-state index contributed by atoms with van der Waals surface area (Å²) < 4.78 is 4.12. The molecule has 0 heterocycles. The lowest BCUT2D eigenvalue weighted by molar-refractivity contribution is 2.10. The normalized spacial score (nSPS) is 13.1. The van der Waals surface area contributed by atoms with Gasteiger partial charge in [-0.3, -0.25) is 0 Å². The van der Waals surface area contributed by atoms with E-state index < -0.39 is 0 Å². The second kappa shape index (κ2) is 6.37. The minimum absolute atomic E-state index is 0.0678. The highest BCUT2D eigenvalue weighted by Gasteiger charge is 1.84. The lowest BCUT2D eigenvalue weighted by Crippen LogP contribution is -1.14. The maximum absolute atomic E-state index is 4.12. The summed E-state index contributed by atoms with van der Waals surface area (Å²) >= 11 is 0. The molecule has 0 spiro atoms. The van der Waals surface area contributed by atoms with Gasteiger partial charge in [-0.05, 0) is 6.99 Å². The van der Waals surface area contributed by atoms with E-state index in [1.165, 1.54) is 0 Å². The minimum Gasteiger partial charge on any atom is -0.239 e. The quantitative estimate of drug-likeness (QED) is 0.614. The van der Waals surface area contributed by atoms with Gasteiger partial charge in [-0.25, -0.2) is 4.52 Å². The van der Waals surface area contributed by atoms with Crippen molar-refractivity contribution in [1.82, 2.24) is 0 Å². The monoisotopic (exact) mass is 207 g/mol. The second-order valence-corrected chi connectivity index (χ2v) is 13.8. The van der Waals surface area contributed by atoms with Crippen LogP contribution in [0.5, 0.6) is 0 Å². The molecule has 4 unspecified atom stereocenters. The van der Waals surface area contributed by atoms with Crippen LogP contribution in [0, 0.1) is 0 Å². The summed E-state index contributed by atoms with van der Waals surface area (Å²) in [5.41, 5.74) is 0. The molecule has 0 saturated heterocycles. The molecule has 0 aromatic heterocycles. The van der Waals surface area contributed by atoms with Crippen LogP contribution in [0.15, 0.2) is 4.52 Å². The van der Waals surface area contributed by atoms with Crippen LogP contribution in [0.2, 0.25) is 0 Å². The molecule has 0 aromatic rings. The van der Waals surface area contributed by atoms with Crippen molar-refractivity contribution in [2.75, 3.05) is 0 Å². The van der Waals surface area contributed by atoms with E-state index in [-0.39, 0.29) is 6.99 Å². The van der Waals surface area contributed by atoms with Crippen molar-refractivity contribution in [3.05, 3.63) is 0 Å². The fourth-order valence-electron chi connectivity index (χ4n) is 0.0775. The first-order valence-electron chi connectivity index (χ1n) is 1.42. The Morgan fingerprint density at radius 2 is 2.14 bits per heavy atom. The molecular weight excluding hydrogens is 200 g/mol. The van der Waals surface area contributed by atoms with Crippen LogP contribution in [0.4, 0.5) is 0 Å². The topological polar surface area (TPSA) is 12.4 Å². The van der Waals surface area contributed by atoms with Crippen molar-refractivity contribution in [3.8, 4) is 0 Å². The number of nitrogens with zero attached hydrogens (tertiary/aromatic N) is 1. The first-order valence-corrected chi connectivity index (χ1v) is 10.3. The SMILES string of the molecule is PP=NPP(P)P. The van der Waals surface area contributed by atoms with Gasteiger partial charge in [-0.2, -0.15) is 0 Å². The molecule has 0 fully saturated rings. The molecule has 0 rings (SSSR count). The number of hydrogen-bond acceptors (Lipinski definition) is 1. The van der Waals surface area contributed by atoms with Gasteiger partial charge in [0.15, 0.2) is 0 Å². The lowest BCUT2D eigenvalue weighted by atomic mass is 13.9. The fraction of sp³-hybridized carbons (Fsp3) is 0. The van der Waals surface area contributed by atoms with Crippen LogP contribution in [-0.4, -0.2) is 0 Å². The van der Waals surface area contributed by atoms with Gasteiger partial charge in [0.1, 0.15) is 0 Å². The Morgan fingerprint density at radius 1 is 1.57 bits per heavy atom. The Hall–Kier alpha value is 2.25. The molecule has 0 aliphatic heterocycles. The van der Waals surface area contributed by atoms with E-state index in [4.69, 9.17) is 0 Å². The molecule has 0 saturated carbocycles. The van der Waals surface area contributed by atoms with Crippen molar-refractivity contribution >= 4 is 50.3 Å². The average molecular weight is 207 g/mol. The lowest BCUT2D eigenvalue weighted by Gasteiger charge is -1.93. The van der Waals surface area contributed by atoms with Crippen molar-refractivity contribution in [1.29, 1.82) is 0 Å². The van der Waals surface area contributed by atoms with Crippen LogP contribution in [0.25, 0.3) is 0 Å². The summed E-state index contributed by atoms with van der Waals surface area (Å²) in [5, 5.41) is 0. The van der Waals surface area contributed by atoms with Crippen molar-refractivity contribution in [3.63, 3.8) is 0 Å². The summed E-state index contributed by atoms with van der Waals surface area (Å²) in [7, 11) is 9.88. The predicted octanol–water partition coefficient (Wildman–Crippen LogP) is 3.48. The Labute approximate surface area is 55.2 Å². The second-order valence-electron chi connectivity index (χ2n) is 0.723. The fourth-order valence-corrected chi connectivity index (χ4v) is 6.27. The molecule has 0 aliphatic rings. The van der Waals surface area contributed by atoms with Crippen molar-refractivity contribution in [2.24, 2.45) is 4.52 Å². The van der Waals surface area contributed by atoms with Gasteiger partial charge < -0.3 is 0 Å². The van der Waals surface area contributed by atoms with Gasteiger partial charge in [-0.1, -0.05) is 8.93 Å². The summed E-state index contributed by atoms with van der Waals surface area (Å²) in [6.07, 6.45) is 0. The Balaban J connectivity index is 2.97. The molecule has 7 heavy (non-hydrogen) atoms.